The summed E-state index contributed by atoms with van der Waals surface area (Å²) in [4.78, 5) is 11.6. The van der Waals surface area contributed by atoms with E-state index >= 15 is 0 Å². The fourth-order valence-corrected chi connectivity index (χ4v) is 4.02. The lowest BCUT2D eigenvalue weighted by Gasteiger charge is -2.29. The van der Waals surface area contributed by atoms with Gasteiger partial charge in [0.2, 0.25) is 0 Å². The first-order valence-corrected chi connectivity index (χ1v) is 10.5. The van der Waals surface area contributed by atoms with E-state index in [2.05, 4.69) is 19.1 Å². The van der Waals surface area contributed by atoms with E-state index in [9.17, 15) is 4.79 Å². The van der Waals surface area contributed by atoms with Crippen molar-refractivity contribution in [2.24, 2.45) is 5.92 Å². The first-order valence-electron chi connectivity index (χ1n) is 10.5. The molecule has 1 aromatic carbocycles. The number of esters is 1. The van der Waals surface area contributed by atoms with Gasteiger partial charge in [-0.15, -0.1) is 0 Å². The Morgan fingerprint density at radius 2 is 1.60 bits per heavy atom. The predicted octanol–water partition coefficient (Wildman–Crippen LogP) is 7.03. The summed E-state index contributed by atoms with van der Waals surface area (Å²) in [6.45, 7) is 4.27. The third-order valence-corrected chi connectivity index (χ3v) is 5.60. The van der Waals surface area contributed by atoms with Crippen molar-refractivity contribution in [3.63, 3.8) is 0 Å². The number of carbonyl (C=O) groups is 1. The standard InChI is InChI=1S/C23H36O2/c1-3-5-6-7-8-10-19-11-13-20(14-12-19)21-15-17-22(18-16-21)25-23(24)9-4-2/h15-20H,3-14H2,1-2H3. The predicted molar refractivity (Wildman–Crippen MR) is 105 cm³/mol. The number of benzene rings is 1. The highest BCUT2D eigenvalue weighted by atomic mass is 16.5. The molecule has 2 nitrogen and oxygen atoms in total. The summed E-state index contributed by atoms with van der Waals surface area (Å²) in [5, 5.41) is 0. The second-order valence-electron chi connectivity index (χ2n) is 7.71. The molecule has 0 spiro atoms. The van der Waals surface area contributed by atoms with Gasteiger partial charge < -0.3 is 4.74 Å². The van der Waals surface area contributed by atoms with Crippen molar-refractivity contribution in [3.05, 3.63) is 29.8 Å². The summed E-state index contributed by atoms with van der Waals surface area (Å²) in [6.07, 6.45) is 15.1. The van der Waals surface area contributed by atoms with Crippen molar-refractivity contribution in [2.45, 2.75) is 96.8 Å². The Morgan fingerprint density at radius 3 is 2.24 bits per heavy atom. The van der Waals surface area contributed by atoms with Crippen molar-refractivity contribution < 1.29 is 9.53 Å². The van der Waals surface area contributed by atoms with E-state index in [4.69, 9.17) is 4.74 Å². The van der Waals surface area contributed by atoms with Crippen LogP contribution in [0.15, 0.2) is 24.3 Å². The molecule has 0 radical (unpaired) electrons. The van der Waals surface area contributed by atoms with E-state index in [0.717, 1.165) is 12.3 Å². The van der Waals surface area contributed by atoms with Crippen LogP contribution in [0, 0.1) is 5.92 Å². The normalized spacial score (nSPS) is 20.4. The molecular weight excluding hydrogens is 308 g/mol. The van der Waals surface area contributed by atoms with Crippen LogP contribution < -0.4 is 4.74 Å². The average molecular weight is 345 g/mol. The first-order chi connectivity index (χ1) is 12.2. The molecule has 0 atom stereocenters. The zero-order valence-electron chi connectivity index (χ0n) is 16.3. The molecule has 0 saturated heterocycles. The Bertz CT molecular complexity index is 483. The van der Waals surface area contributed by atoms with Gasteiger partial charge in [-0.3, -0.25) is 4.79 Å². The van der Waals surface area contributed by atoms with Crippen LogP contribution >= 0.6 is 0 Å². The molecular formula is C23H36O2. The molecule has 0 amide bonds. The highest BCUT2D eigenvalue weighted by Gasteiger charge is 2.22. The minimum atomic E-state index is -0.130. The molecule has 1 aromatic rings. The smallest absolute Gasteiger partial charge is 0.311 e. The van der Waals surface area contributed by atoms with Gasteiger partial charge in [-0.25, -0.2) is 0 Å². The van der Waals surface area contributed by atoms with Gasteiger partial charge in [-0.1, -0.05) is 64.5 Å². The van der Waals surface area contributed by atoms with E-state index in [1.165, 1.54) is 69.8 Å². The lowest BCUT2D eigenvalue weighted by Crippen LogP contribution is -2.13. The monoisotopic (exact) mass is 344 g/mol. The van der Waals surface area contributed by atoms with Crippen molar-refractivity contribution in [2.75, 3.05) is 0 Å². The highest BCUT2D eigenvalue weighted by Crippen LogP contribution is 2.38. The lowest BCUT2D eigenvalue weighted by atomic mass is 9.77. The van der Waals surface area contributed by atoms with Crippen LogP contribution in [0.4, 0.5) is 0 Å². The van der Waals surface area contributed by atoms with Crippen LogP contribution in [0.5, 0.6) is 5.75 Å². The van der Waals surface area contributed by atoms with Gasteiger partial charge in [0, 0.05) is 6.42 Å². The summed E-state index contributed by atoms with van der Waals surface area (Å²) in [6, 6.07) is 8.24. The molecule has 25 heavy (non-hydrogen) atoms. The van der Waals surface area contributed by atoms with E-state index in [1.54, 1.807) is 0 Å². The van der Waals surface area contributed by atoms with Crippen LogP contribution in [0.25, 0.3) is 0 Å². The van der Waals surface area contributed by atoms with Gasteiger partial charge in [0.05, 0.1) is 0 Å². The van der Waals surface area contributed by atoms with Crippen molar-refractivity contribution >= 4 is 5.97 Å². The van der Waals surface area contributed by atoms with Gasteiger partial charge in [-0.05, 0) is 61.6 Å². The van der Waals surface area contributed by atoms with E-state index in [1.807, 2.05) is 19.1 Å². The van der Waals surface area contributed by atoms with Crippen LogP contribution in [-0.2, 0) is 4.79 Å². The lowest BCUT2D eigenvalue weighted by molar-refractivity contribution is -0.134. The molecule has 0 aromatic heterocycles. The van der Waals surface area contributed by atoms with Gasteiger partial charge in [0.1, 0.15) is 5.75 Å². The fourth-order valence-electron chi connectivity index (χ4n) is 4.02. The van der Waals surface area contributed by atoms with Crippen molar-refractivity contribution in [1.82, 2.24) is 0 Å². The molecule has 0 aliphatic heterocycles. The summed E-state index contributed by atoms with van der Waals surface area (Å²) in [7, 11) is 0. The largest absolute Gasteiger partial charge is 0.427 e. The number of hydrogen-bond donors (Lipinski definition) is 0. The number of rotatable bonds is 10. The highest BCUT2D eigenvalue weighted by molar-refractivity contribution is 5.72. The molecule has 2 heteroatoms. The molecule has 1 aliphatic carbocycles. The Kier molecular flexibility index (Phi) is 9.07. The minimum Gasteiger partial charge on any atom is -0.427 e. The van der Waals surface area contributed by atoms with Crippen LogP contribution in [-0.4, -0.2) is 5.97 Å². The first kappa shape index (κ1) is 20.0. The molecule has 1 saturated carbocycles. The summed E-state index contributed by atoms with van der Waals surface area (Å²) >= 11 is 0. The average Bonchev–Trinajstić information content (AvgIpc) is 2.63. The molecule has 0 unspecified atom stereocenters. The number of unbranched alkanes of at least 4 members (excludes halogenated alkanes) is 4. The SMILES string of the molecule is CCCCCCCC1CCC(c2ccc(OC(=O)CCC)cc2)CC1. The van der Waals surface area contributed by atoms with Crippen LogP contribution in [0.3, 0.4) is 0 Å². The third kappa shape index (κ3) is 7.22. The molecule has 1 fully saturated rings. The zero-order chi connectivity index (χ0) is 17.9. The van der Waals surface area contributed by atoms with E-state index in [-0.39, 0.29) is 5.97 Å². The second-order valence-corrected chi connectivity index (χ2v) is 7.71. The van der Waals surface area contributed by atoms with Crippen LogP contribution in [0.1, 0.15) is 102 Å². The molecule has 0 bridgehead atoms. The Balaban J connectivity index is 1.70. The zero-order valence-corrected chi connectivity index (χ0v) is 16.3. The number of hydrogen-bond acceptors (Lipinski definition) is 2. The summed E-state index contributed by atoms with van der Waals surface area (Å²) in [5.41, 5.74) is 1.41. The van der Waals surface area contributed by atoms with Crippen molar-refractivity contribution in [3.8, 4) is 5.75 Å². The summed E-state index contributed by atoms with van der Waals surface area (Å²) in [5.74, 6) is 2.20. The summed E-state index contributed by atoms with van der Waals surface area (Å²) < 4.78 is 5.35. The molecule has 2 rings (SSSR count). The maximum atomic E-state index is 11.6. The van der Waals surface area contributed by atoms with Crippen LogP contribution in [0.2, 0.25) is 0 Å². The van der Waals surface area contributed by atoms with Gasteiger partial charge >= 0.3 is 5.97 Å². The molecule has 0 heterocycles. The Hall–Kier alpha value is -1.31. The number of carbonyl (C=O) groups excluding carboxylic acids is 1. The van der Waals surface area contributed by atoms with Gasteiger partial charge in [-0.2, -0.15) is 0 Å². The van der Waals surface area contributed by atoms with Gasteiger partial charge in [0.25, 0.3) is 0 Å². The number of ether oxygens (including phenoxy) is 1. The topological polar surface area (TPSA) is 26.3 Å². The quantitative estimate of drug-likeness (QED) is 0.259. The third-order valence-electron chi connectivity index (χ3n) is 5.60. The fraction of sp³-hybridized carbons (Fsp3) is 0.696. The van der Waals surface area contributed by atoms with Gasteiger partial charge in [0.15, 0.2) is 0 Å². The van der Waals surface area contributed by atoms with Crippen molar-refractivity contribution in [1.29, 1.82) is 0 Å². The van der Waals surface area contributed by atoms with E-state index < -0.39 is 0 Å². The maximum absolute atomic E-state index is 11.6. The Morgan fingerprint density at radius 1 is 0.920 bits per heavy atom. The molecule has 1 aliphatic rings. The molecule has 0 N–H and O–H groups in total. The molecule has 140 valence electrons. The minimum absolute atomic E-state index is 0.130. The Labute approximate surface area is 154 Å². The van der Waals surface area contributed by atoms with E-state index in [0.29, 0.717) is 18.1 Å². The second kappa shape index (κ2) is 11.3. The maximum Gasteiger partial charge on any atom is 0.311 e.